The molecule has 1 N–H and O–H groups in total. The lowest BCUT2D eigenvalue weighted by Crippen LogP contribution is -2.68. The maximum atomic E-state index is 14.7. The first-order valence-electron chi connectivity index (χ1n) is 10.2. The number of nitrogens with zero attached hydrogens (tertiary/aromatic N) is 2. The summed E-state index contributed by atoms with van der Waals surface area (Å²) < 4.78 is 46.0. The fraction of sp³-hybridized carbons (Fsp3) is 0.600. The number of benzene rings is 1. The Morgan fingerprint density at radius 2 is 1.93 bits per heavy atom. The monoisotopic (exact) mass is 439 g/mol. The van der Waals surface area contributed by atoms with Crippen LogP contribution < -0.4 is 15.1 Å². The summed E-state index contributed by atoms with van der Waals surface area (Å²) in [6, 6.07) is 2.28. The second kappa shape index (κ2) is 7.26. The first-order chi connectivity index (χ1) is 14.3. The van der Waals surface area contributed by atoms with E-state index in [1.54, 1.807) is 4.90 Å². The van der Waals surface area contributed by atoms with Crippen molar-refractivity contribution in [3.8, 4) is 0 Å². The highest BCUT2D eigenvalue weighted by Gasteiger charge is 2.57. The Morgan fingerprint density at radius 1 is 1.27 bits per heavy atom. The SMILES string of the molecule is O=C(NC[C@H]1CN(c2cc(F)c(N3CC4(C3)C[S+]([O-])C4)c(F)c2)C(=O)O1)C1CCC1. The molecule has 1 aromatic rings. The Morgan fingerprint density at radius 3 is 2.50 bits per heavy atom. The minimum Gasteiger partial charge on any atom is -0.616 e. The van der Waals surface area contributed by atoms with Gasteiger partial charge in [-0.25, -0.2) is 13.6 Å². The van der Waals surface area contributed by atoms with Crippen molar-refractivity contribution in [1.82, 2.24) is 5.32 Å². The largest absolute Gasteiger partial charge is 0.616 e. The maximum absolute atomic E-state index is 14.7. The number of hydrogen-bond acceptors (Lipinski definition) is 5. The second-order valence-electron chi connectivity index (χ2n) is 8.83. The molecule has 1 aromatic carbocycles. The van der Waals surface area contributed by atoms with Crippen LogP contribution in [0.2, 0.25) is 0 Å². The van der Waals surface area contributed by atoms with Gasteiger partial charge in [-0.1, -0.05) is 17.6 Å². The second-order valence-corrected chi connectivity index (χ2v) is 10.3. The Balaban J connectivity index is 1.22. The van der Waals surface area contributed by atoms with E-state index in [9.17, 15) is 22.9 Å². The molecule has 3 aliphatic heterocycles. The Kier molecular flexibility index (Phi) is 4.81. The lowest BCUT2D eigenvalue weighted by Gasteiger charge is -2.55. The molecule has 0 radical (unpaired) electrons. The van der Waals surface area contributed by atoms with Gasteiger partial charge in [0.2, 0.25) is 5.91 Å². The van der Waals surface area contributed by atoms with Crippen LogP contribution in [0.3, 0.4) is 0 Å². The molecule has 162 valence electrons. The molecule has 4 fully saturated rings. The number of carbonyl (C=O) groups excluding carboxylic acids is 2. The number of hydrogen-bond donors (Lipinski definition) is 1. The fourth-order valence-corrected chi connectivity index (χ4v) is 6.27. The number of ether oxygens (including phenoxy) is 1. The first kappa shape index (κ1) is 19.9. The molecule has 3 heterocycles. The van der Waals surface area contributed by atoms with E-state index in [4.69, 9.17) is 4.74 Å². The van der Waals surface area contributed by atoms with Crippen molar-refractivity contribution in [2.75, 3.05) is 47.5 Å². The van der Waals surface area contributed by atoms with Crippen LogP contribution in [-0.2, 0) is 20.7 Å². The lowest BCUT2D eigenvalue weighted by molar-refractivity contribution is -0.127. The van der Waals surface area contributed by atoms with Crippen LogP contribution in [0.5, 0.6) is 0 Å². The maximum Gasteiger partial charge on any atom is 0.414 e. The van der Waals surface area contributed by atoms with E-state index in [0.717, 1.165) is 31.4 Å². The molecule has 0 bridgehead atoms. The average Bonchev–Trinajstić information content (AvgIpc) is 2.95. The number of nitrogens with one attached hydrogen (secondary N) is 1. The zero-order valence-electron chi connectivity index (χ0n) is 16.4. The molecule has 10 heteroatoms. The van der Waals surface area contributed by atoms with Crippen LogP contribution >= 0.6 is 0 Å². The molecular formula is C20H23F2N3O4S. The van der Waals surface area contributed by atoms with Crippen LogP contribution in [-0.4, -0.2) is 60.3 Å². The van der Waals surface area contributed by atoms with E-state index in [1.165, 1.54) is 4.90 Å². The van der Waals surface area contributed by atoms with Crippen LogP contribution in [0.1, 0.15) is 19.3 Å². The summed E-state index contributed by atoms with van der Waals surface area (Å²) in [5.74, 6) is -0.314. The van der Waals surface area contributed by atoms with Gasteiger partial charge in [0.05, 0.1) is 24.2 Å². The summed E-state index contributed by atoms with van der Waals surface area (Å²) >= 11 is -0.808. The Hall–Kier alpha value is -2.07. The predicted molar refractivity (Wildman–Crippen MR) is 107 cm³/mol. The van der Waals surface area contributed by atoms with Crippen molar-refractivity contribution < 1.29 is 27.7 Å². The van der Waals surface area contributed by atoms with Crippen molar-refractivity contribution in [3.63, 3.8) is 0 Å². The molecule has 1 saturated carbocycles. The van der Waals surface area contributed by atoms with Crippen molar-refractivity contribution in [2.45, 2.75) is 25.4 Å². The van der Waals surface area contributed by atoms with Gasteiger partial charge in [-0.05, 0) is 12.8 Å². The summed E-state index contributed by atoms with van der Waals surface area (Å²) in [5, 5.41) is 2.78. The summed E-state index contributed by atoms with van der Waals surface area (Å²) in [5.41, 5.74) is -0.0938. The quantitative estimate of drug-likeness (QED) is 0.707. The molecule has 0 unspecified atom stereocenters. The lowest BCUT2D eigenvalue weighted by atomic mass is 9.82. The molecule has 3 saturated heterocycles. The topological polar surface area (TPSA) is 84.9 Å². The minimum atomic E-state index is -0.808. The van der Waals surface area contributed by atoms with Gasteiger partial charge in [-0.15, -0.1) is 0 Å². The number of carbonyl (C=O) groups is 2. The van der Waals surface area contributed by atoms with Gasteiger partial charge < -0.3 is 19.5 Å². The highest BCUT2D eigenvalue weighted by atomic mass is 32.2. The highest BCUT2D eigenvalue weighted by Crippen LogP contribution is 2.45. The Labute approximate surface area is 175 Å². The molecule has 5 rings (SSSR count). The number of amides is 2. The molecule has 7 nitrogen and oxygen atoms in total. The Bertz CT molecular complexity index is 860. The third kappa shape index (κ3) is 3.39. The van der Waals surface area contributed by atoms with E-state index >= 15 is 0 Å². The highest BCUT2D eigenvalue weighted by molar-refractivity contribution is 7.92. The van der Waals surface area contributed by atoms with E-state index < -0.39 is 35.0 Å². The normalized spacial score (nSPS) is 25.6. The third-order valence-electron chi connectivity index (χ3n) is 6.47. The van der Waals surface area contributed by atoms with Gasteiger partial charge in [-0.3, -0.25) is 9.69 Å². The fourth-order valence-electron chi connectivity index (χ4n) is 4.62. The summed E-state index contributed by atoms with van der Waals surface area (Å²) in [6.45, 7) is 1.26. The van der Waals surface area contributed by atoms with Crippen LogP contribution in [0.15, 0.2) is 12.1 Å². The molecule has 1 atom stereocenters. The van der Waals surface area contributed by atoms with E-state index in [2.05, 4.69) is 5.32 Å². The van der Waals surface area contributed by atoms with Gasteiger partial charge in [0, 0.05) is 31.1 Å². The summed E-state index contributed by atoms with van der Waals surface area (Å²) in [4.78, 5) is 27.0. The number of anilines is 2. The molecule has 2 amide bonds. The molecule has 1 aliphatic carbocycles. The predicted octanol–water partition coefficient (Wildman–Crippen LogP) is 1.77. The number of halogens is 2. The van der Waals surface area contributed by atoms with Gasteiger partial charge in [0.25, 0.3) is 0 Å². The van der Waals surface area contributed by atoms with E-state index in [1.807, 2.05) is 0 Å². The van der Waals surface area contributed by atoms with E-state index in [-0.39, 0.29) is 41.7 Å². The zero-order valence-corrected chi connectivity index (χ0v) is 17.2. The van der Waals surface area contributed by atoms with Crippen molar-refractivity contribution in [2.24, 2.45) is 11.3 Å². The zero-order chi connectivity index (χ0) is 21.0. The summed E-state index contributed by atoms with van der Waals surface area (Å²) in [7, 11) is 0. The van der Waals surface area contributed by atoms with Gasteiger partial charge in [0.15, 0.2) is 11.6 Å². The molecule has 0 aromatic heterocycles. The standard InChI is InChI=1S/C20H23F2N3O4S/c21-15-4-13(5-16(22)17(15)24-8-20(9-24)10-30(28)11-20)25-7-14(29-19(25)27)6-23-18(26)12-2-1-3-12/h4-5,12,14H,1-3,6-11H2,(H,23,26)/t14-/m0/s1. The smallest absolute Gasteiger partial charge is 0.414 e. The van der Waals surface area contributed by atoms with Crippen molar-refractivity contribution in [3.05, 3.63) is 23.8 Å². The van der Waals surface area contributed by atoms with Crippen LogP contribution in [0.4, 0.5) is 25.0 Å². The number of cyclic esters (lactones) is 1. The first-order valence-corrected chi connectivity index (χ1v) is 11.7. The average molecular weight is 439 g/mol. The van der Waals surface area contributed by atoms with Gasteiger partial charge in [-0.2, -0.15) is 0 Å². The van der Waals surface area contributed by atoms with E-state index in [0.29, 0.717) is 24.6 Å². The summed E-state index contributed by atoms with van der Waals surface area (Å²) in [6.07, 6.45) is 1.55. The minimum absolute atomic E-state index is 0.0366. The van der Waals surface area contributed by atoms with Crippen molar-refractivity contribution in [1.29, 1.82) is 0 Å². The molecular weight excluding hydrogens is 416 g/mol. The third-order valence-corrected chi connectivity index (χ3v) is 8.34. The van der Waals surface area contributed by atoms with Crippen LogP contribution in [0, 0.1) is 23.0 Å². The van der Waals surface area contributed by atoms with Gasteiger partial charge in [0.1, 0.15) is 23.3 Å². The molecule has 1 spiro atoms. The molecule has 4 aliphatic rings. The van der Waals surface area contributed by atoms with Crippen molar-refractivity contribution >= 4 is 34.6 Å². The van der Waals surface area contributed by atoms with Gasteiger partial charge >= 0.3 is 6.09 Å². The number of rotatable bonds is 5. The molecule has 30 heavy (non-hydrogen) atoms. The van der Waals surface area contributed by atoms with Crippen LogP contribution in [0.25, 0.3) is 0 Å².